The molecule has 0 saturated heterocycles. The van der Waals surface area contributed by atoms with Gasteiger partial charge < -0.3 is 14.8 Å². The number of hydrogen-bond acceptors (Lipinski definition) is 6. The molecule has 0 heterocycles. The van der Waals surface area contributed by atoms with Gasteiger partial charge in [0.25, 0.3) is 11.8 Å². The standard InChI is InChI=1S/C24H18Cl3N3O5/c1-34-21-10-14(2-9-20(21)35-24(33)16-5-8-18(26)19(27)11-16)12-29-30-22(31)13-28-23(32)15-3-6-17(25)7-4-15/h2-12H,13H2,1H3,(H,28,32)(H,30,31)/b29-12+. The molecular formula is C24H18Cl3N3O5. The zero-order chi connectivity index (χ0) is 25.4. The molecule has 0 saturated carbocycles. The highest BCUT2D eigenvalue weighted by atomic mass is 35.5. The molecule has 3 rings (SSSR count). The van der Waals surface area contributed by atoms with Gasteiger partial charge in [-0.3, -0.25) is 9.59 Å². The number of amides is 2. The number of hydrogen-bond donors (Lipinski definition) is 2. The number of rotatable bonds is 8. The molecule has 35 heavy (non-hydrogen) atoms. The Morgan fingerprint density at radius 2 is 1.60 bits per heavy atom. The Labute approximate surface area is 215 Å². The van der Waals surface area contributed by atoms with E-state index in [1.807, 2.05) is 0 Å². The van der Waals surface area contributed by atoms with Gasteiger partial charge in [0.2, 0.25) is 0 Å². The molecule has 2 amide bonds. The molecule has 0 aromatic heterocycles. The summed E-state index contributed by atoms with van der Waals surface area (Å²) in [6.45, 7) is -0.272. The van der Waals surface area contributed by atoms with E-state index in [9.17, 15) is 14.4 Å². The fourth-order valence-electron chi connectivity index (χ4n) is 2.71. The largest absolute Gasteiger partial charge is 0.493 e. The molecule has 11 heteroatoms. The van der Waals surface area contributed by atoms with Gasteiger partial charge in [-0.2, -0.15) is 5.10 Å². The first-order chi connectivity index (χ1) is 16.8. The lowest BCUT2D eigenvalue weighted by molar-refractivity contribution is -0.120. The van der Waals surface area contributed by atoms with Crippen molar-refractivity contribution in [3.05, 3.63) is 92.4 Å². The zero-order valence-corrected chi connectivity index (χ0v) is 20.4. The molecule has 0 bridgehead atoms. The quantitative estimate of drug-likeness (QED) is 0.188. The molecule has 3 aromatic carbocycles. The van der Waals surface area contributed by atoms with Crippen molar-refractivity contribution < 1.29 is 23.9 Å². The Kier molecular flexibility index (Phi) is 9.08. The first-order valence-electron chi connectivity index (χ1n) is 9.97. The first-order valence-corrected chi connectivity index (χ1v) is 11.1. The van der Waals surface area contributed by atoms with Crippen molar-refractivity contribution in [2.24, 2.45) is 5.10 Å². The van der Waals surface area contributed by atoms with Gasteiger partial charge in [0, 0.05) is 10.6 Å². The number of carbonyl (C=O) groups excluding carboxylic acids is 3. The zero-order valence-electron chi connectivity index (χ0n) is 18.2. The molecule has 2 N–H and O–H groups in total. The number of hydrazone groups is 1. The van der Waals surface area contributed by atoms with Gasteiger partial charge in [-0.05, 0) is 66.2 Å². The van der Waals surface area contributed by atoms with Crippen molar-refractivity contribution in [1.29, 1.82) is 0 Å². The molecule has 0 unspecified atom stereocenters. The van der Waals surface area contributed by atoms with Gasteiger partial charge in [-0.1, -0.05) is 34.8 Å². The maximum Gasteiger partial charge on any atom is 0.343 e. The molecule has 0 fully saturated rings. The van der Waals surface area contributed by atoms with Crippen LogP contribution in [0.2, 0.25) is 15.1 Å². The number of carbonyl (C=O) groups is 3. The van der Waals surface area contributed by atoms with Crippen LogP contribution < -0.4 is 20.2 Å². The van der Waals surface area contributed by atoms with Crippen molar-refractivity contribution in [3.8, 4) is 11.5 Å². The molecular weight excluding hydrogens is 517 g/mol. The van der Waals surface area contributed by atoms with E-state index >= 15 is 0 Å². The van der Waals surface area contributed by atoms with Crippen LogP contribution >= 0.6 is 34.8 Å². The molecule has 0 aliphatic heterocycles. The van der Waals surface area contributed by atoms with Crippen LogP contribution in [0.3, 0.4) is 0 Å². The van der Waals surface area contributed by atoms with E-state index in [1.54, 1.807) is 36.4 Å². The Morgan fingerprint density at radius 3 is 2.29 bits per heavy atom. The summed E-state index contributed by atoms with van der Waals surface area (Å²) in [6.07, 6.45) is 1.37. The minimum atomic E-state index is -0.642. The SMILES string of the molecule is COc1cc(/C=N/NC(=O)CNC(=O)c2ccc(Cl)cc2)ccc1OC(=O)c1ccc(Cl)c(Cl)c1. The number of nitrogens with one attached hydrogen (secondary N) is 2. The second-order valence-electron chi connectivity index (χ2n) is 6.91. The average molecular weight is 535 g/mol. The number of halogens is 3. The summed E-state index contributed by atoms with van der Waals surface area (Å²) in [5, 5.41) is 7.38. The van der Waals surface area contributed by atoms with Crippen LogP contribution in [-0.4, -0.2) is 37.7 Å². The molecule has 0 atom stereocenters. The molecule has 0 spiro atoms. The van der Waals surface area contributed by atoms with Crippen LogP contribution in [0.4, 0.5) is 0 Å². The van der Waals surface area contributed by atoms with Crippen LogP contribution in [0, 0.1) is 0 Å². The highest BCUT2D eigenvalue weighted by molar-refractivity contribution is 6.42. The second kappa shape index (κ2) is 12.2. The smallest absolute Gasteiger partial charge is 0.343 e. The van der Waals surface area contributed by atoms with Gasteiger partial charge in [-0.25, -0.2) is 10.2 Å². The predicted octanol–water partition coefficient (Wildman–Crippen LogP) is 4.75. The lowest BCUT2D eigenvalue weighted by Gasteiger charge is -2.10. The fraction of sp³-hybridized carbons (Fsp3) is 0.0833. The van der Waals surface area contributed by atoms with Crippen molar-refractivity contribution in [2.45, 2.75) is 0 Å². The van der Waals surface area contributed by atoms with E-state index in [0.29, 0.717) is 21.2 Å². The Bertz CT molecular complexity index is 1280. The maximum absolute atomic E-state index is 12.4. The third-order valence-electron chi connectivity index (χ3n) is 4.46. The summed E-state index contributed by atoms with van der Waals surface area (Å²) < 4.78 is 10.7. The number of nitrogens with zero attached hydrogens (tertiary/aromatic N) is 1. The van der Waals surface area contributed by atoms with Gasteiger partial charge in [0.15, 0.2) is 11.5 Å². The number of methoxy groups -OCH3 is 1. The minimum absolute atomic E-state index is 0.176. The summed E-state index contributed by atoms with van der Waals surface area (Å²) in [6, 6.07) is 15.3. The van der Waals surface area contributed by atoms with E-state index in [4.69, 9.17) is 44.3 Å². The summed E-state index contributed by atoms with van der Waals surface area (Å²) in [5.74, 6) is -1.14. The van der Waals surface area contributed by atoms with Crippen LogP contribution in [0.1, 0.15) is 26.3 Å². The fourth-order valence-corrected chi connectivity index (χ4v) is 3.14. The van der Waals surface area contributed by atoms with Crippen LogP contribution in [-0.2, 0) is 4.79 Å². The maximum atomic E-state index is 12.4. The van der Waals surface area contributed by atoms with Crippen molar-refractivity contribution in [2.75, 3.05) is 13.7 Å². The first kappa shape index (κ1) is 26.0. The molecule has 180 valence electrons. The van der Waals surface area contributed by atoms with Crippen LogP contribution in [0.25, 0.3) is 0 Å². The predicted molar refractivity (Wildman–Crippen MR) is 134 cm³/mol. The number of benzene rings is 3. The third kappa shape index (κ3) is 7.45. The van der Waals surface area contributed by atoms with E-state index in [1.165, 1.54) is 37.6 Å². The normalized spacial score (nSPS) is 10.6. The van der Waals surface area contributed by atoms with E-state index in [2.05, 4.69) is 15.8 Å². The molecule has 8 nitrogen and oxygen atoms in total. The second-order valence-corrected chi connectivity index (χ2v) is 8.16. The Hall–Kier alpha value is -3.59. The van der Waals surface area contributed by atoms with E-state index < -0.39 is 17.8 Å². The van der Waals surface area contributed by atoms with Crippen LogP contribution in [0.5, 0.6) is 11.5 Å². The van der Waals surface area contributed by atoms with Crippen LogP contribution in [0.15, 0.2) is 65.8 Å². The monoisotopic (exact) mass is 533 g/mol. The average Bonchev–Trinajstić information content (AvgIpc) is 2.85. The minimum Gasteiger partial charge on any atom is -0.493 e. The molecule has 0 aliphatic carbocycles. The van der Waals surface area contributed by atoms with E-state index in [-0.39, 0.29) is 28.6 Å². The lowest BCUT2D eigenvalue weighted by atomic mass is 10.2. The highest BCUT2D eigenvalue weighted by Crippen LogP contribution is 2.29. The van der Waals surface area contributed by atoms with Crippen molar-refractivity contribution in [3.63, 3.8) is 0 Å². The highest BCUT2D eigenvalue weighted by Gasteiger charge is 2.14. The van der Waals surface area contributed by atoms with Gasteiger partial charge >= 0.3 is 5.97 Å². The molecule has 0 aliphatic rings. The summed E-state index contributed by atoms with van der Waals surface area (Å²) in [4.78, 5) is 36.4. The van der Waals surface area contributed by atoms with Crippen molar-refractivity contribution >= 4 is 58.8 Å². The Balaban J connectivity index is 1.55. The van der Waals surface area contributed by atoms with Gasteiger partial charge in [0.05, 0.1) is 35.5 Å². The lowest BCUT2D eigenvalue weighted by Crippen LogP contribution is -2.34. The number of ether oxygens (including phenoxy) is 2. The Morgan fingerprint density at radius 1 is 0.886 bits per heavy atom. The van der Waals surface area contributed by atoms with Gasteiger partial charge in [-0.15, -0.1) is 0 Å². The van der Waals surface area contributed by atoms with Gasteiger partial charge in [0.1, 0.15) is 0 Å². The summed E-state index contributed by atoms with van der Waals surface area (Å²) >= 11 is 17.6. The van der Waals surface area contributed by atoms with Crippen molar-refractivity contribution in [1.82, 2.24) is 10.7 Å². The summed E-state index contributed by atoms with van der Waals surface area (Å²) in [7, 11) is 1.41. The molecule has 3 aromatic rings. The third-order valence-corrected chi connectivity index (χ3v) is 5.46. The van der Waals surface area contributed by atoms with E-state index in [0.717, 1.165) is 0 Å². The molecule has 0 radical (unpaired) electrons. The number of esters is 1. The summed E-state index contributed by atoms with van der Waals surface area (Å²) in [5.41, 5.74) is 3.46. The topological polar surface area (TPSA) is 106 Å².